The van der Waals surface area contributed by atoms with Gasteiger partial charge in [-0.2, -0.15) is 13.2 Å². The van der Waals surface area contributed by atoms with Crippen LogP contribution in [-0.4, -0.2) is 27.8 Å². The number of aromatic nitrogens is 3. The number of ether oxygens (including phenoxy) is 1. The standard InChI is InChI=1S/C21H18F3N3O2/c1-13(28-2)20-16(4-3-7-25-20)19-9-15-8-14(17-10-29-12-26-17)5-6-18(15)27(19)11-21(22,23)24/h3-10,12-13H,11H2,1-2H3/t13-/m0/s1. The third-order valence-corrected chi connectivity index (χ3v) is 4.82. The zero-order valence-corrected chi connectivity index (χ0v) is 15.8. The van der Waals surface area contributed by atoms with Gasteiger partial charge in [-0.25, -0.2) is 4.98 Å². The second-order valence-corrected chi connectivity index (χ2v) is 6.69. The summed E-state index contributed by atoms with van der Waals surface area (Å²) in [7, 11) is 1.54. The van der Waals surface area contributed by atoms with Crippen molar-refractivity contribution in [3.8, 4) is 22.5 Å². The van der Waals surface area contributed by atoms with Crippen molar-refractivity contribution in [1.29, 1.82) is 0 Å². The molecule has 0 radical (unpaired) electrons. The lowest BCUT2D eigenvalue weighted by atomic mass is 10.1. The van der Waals surface area contributed by atoms with E-state index in [1.165, 1.54) is 17.2 Å². The molecule has 0 aliphatic heterocycles. The summed E-state index contributed by atoms with van der Waals surface area (Å²) in [4.78, 5) is 8.46. The van der Waals surface area contributed by atoms with Gasteiger partial charge in [-0.05, 0) is 37.3 Å². The summed E-state index contributed by atoms with van der Waals surface area (Å²) in [5.41, 5.74) is 3.47. The molecule has 8 heteroatoms. The second-order valence-electron chi connectivity index (χ2n) is 6.69. The van der Waals surface area contributed by atoms with Crippen LogP contribution in [0.25, 0.3) is 33.4 Å². The fourth-order valence-electron chi connectivity index (χ4n) is 3.43. The van der Waals surface area contributed by atoms with Gasteiger partial charge in [0.25, 0.3) is 0 Å². The summed E-state index contributed by atoms with van der Waals surface area (Å²) in [6.07, 6.45) is -0.328. The largest absolute Gasteiger partial charge is 0.451 e. The Labute approximate surface area is 164 Å². The lowest BCUT2D eigenvalue weighted by molar-refractivity contribution is -0.139. The SMILES string of the molecule is CO[C@@H](C)c1ncccc1-c1cc2cc(-c3cocn3)ccc2n1CC(F)(F)F. The minimum absolute atomic E-state index is 0.366. The zero-order chi connectivity index (χ0) is 20.6. The molecule has 1 atom stereocenters. The molecule has 29 heavy (non-hydrogen) atoms. The van der Waals surface area contributed by atoms with Crippen LogP contribution in [0.5, 0.6) is 0 Å². The third kappa shape index (κ3) is 3.75. The summed E-state index contributed by atoms with van der Waals surface area (Å²) >= 11 is 0. The summed E-state index contributed by atoms with van der Waals surface area (Å²) in [5, 5.41) is 0.671. The Kier molecular flexibility index (Phi) is 4.87. The number of hydrogen-bond acceptors (Lipinski definition) is 4. The Morgan fingerprint density at radius 3 is 2.69 bits per heavy atom. The predicted molar refractivity (Wildman–Crippen MR) is 102 cm³/mol. The average Bonchev–Trinajstić information content (AvgIpc) is 3.34. The normalized spacial score (nSPS) is 13.1. The molecular weight excluding hydrogens is 383 g/mol. The van der Waals surface area contributed by atoms with Gasteiger partial charge in [0, 0.05) is 35.3 Å². The van der Waals surface area contributed by atoms with Crippen molar-refractivity contribution in [2.45, 2.75) is 25.7 Å². The molecule has 0 spiro atoms. The van der Waals surface area contributed by atoms with Crippen LogP contribution in [0.1, 0.15) is 18.7 Å². The highest BCUT2D eigenvalue weighted by atomic mass is 19.4. The number of halogens is 3. The van der Waals surface area contributed by atoms with Crippen molar-refractivity contribution in [1.82, 2.24) is 14.5 Å². The molecule has 150 valence electrons. The van der Waals surface area contributed by atoms with Crippen molar-refractivity contribution in [3.63, 3.8) is 0 Å². The maximum Gasteiger partial charge on any atom is 0.406 e. The first-order valence-electron chi connectivity index (χ1n) is 8.94. The van der Waals surface area contributed by atoms with Crippen LogP contribution >= 0.6 is 0 Å². The lowest BCUT2D eigenvalue weighted by Crippen LogP contribution is -2.18. The van der Waals surface area contributed by atoms with Crippen molar-refractivity contribution in [2.24, 2.45) is 0 Å². The highest BCUT2D eigenvalue weighted by Crippen LogP contribution is 2.36. The van der Waals surface area contributed by atoms with Gasteiger partial charge in [0.05, 0.1) is 17.5 Å². The van der Waals surface area contributed by atoms with E-state index in [2.05, 4.69) is 9.97 Å². The summed E-state index contributed by atoms with van der Waals surface area (Å²) in [6, 6.07) is 10.4. The molecular formula is C21H18F3N3O2. The topological polar surface area (TPSA) is 53.1 Å². The smallest absolute Gasteiger partial charge is 0.406 e. The highest BCUT2D eigenvalue weighted by Gasteiger charge is 2.31. The average molecular weight is 401 g/mol. The summed E-state index contributed by atoms with van der Waals surface area (Å²) in [6.45, 7) is 0.704. The number of nitrogens with zero attached hydrogens (tertiary/aromatic N) is 3. The molecule has 0 saturated carbocycles. The monoisotopic (exact) mass is 401 g/mol. The van der Waals surface area contributed by atoms with Gasteiger partial charge in [0.1, 0.15) is 18.5 Å². The Bertz CT molecular complexity index is 1130. The number of methoxy groups -OCH3 is 1. The Morgan fingerprint density at radius 1 is 1.17 bits per heavy atom. The molecule has 4 aromatic rings. The van der Waals surface area contributed by atoms with Gasteiger partial charge in [0.15, 0.2) is 6.39 Å². The Hall–Kier alpha value is -3.13. The van der Waals surface area contributed by atoms with Crippen LogP contribution in [-0.2, 0) is 11.3 Å². The van der Waals surface area contributed by atoms with Crippen LogP contribution in [0.15, 0.2) is 59.7 Å². The van der Waals surface area contributed by atoms with Crippen molar-refractivity contribution >= 4 is 10.9 Å². The van der Waals surface area contributed by atoms with Crippen LogP contribution in [0, 0.1) is 0 Å². The molecule has 0 fully saturated rings. The Morgan fingerprint density at radius 2 is 2.00 bits per heavy atom. The first-order valence-corrected chi connectivity index (χ1v) is 8.94. The van der Waals surface area contributed by atoms with E-state index in [4.69, 9.17) is 9.15 Å². The molecule has 5 nitrogen and oxygen atoms in total. The number of benzene rings is 1. The van der Waals surface area contributed by atoms with Gasteiger partial charge in [-0.1, -0.05) is 6.07 Å². The van der Waals surface area contributed by atoms with Crippen molar-refractivity contribution in [3.05, 3.63) is 60.9 Å². The Balaban J connectivity index is 1.94. The molecule has 0 bridgehead atoms. The van der Waals surface area contributed by atoms with Gasteiger partial charge < -0.3 is 13.7 Å². The molecule has 0 unspecified atom stereocenters. The summed E-state index contributed by atoms with van der Waals surface area (Å²) < 4.78 is 51.8. The van der Waals surface area contributed by atoms with E-state index in [0.717, 1.165) is 5.56 Å². The lowest BCUT2D eigenvalue weighted by Gasteiger charge is -2.17. The molecule has 0 N–H and O–H groups in total. The van der Waals surface area contributed by atoms with E-state index in [-0.39, 0.29) is 6.10 Å². The van der Waals surface area contributed by atoms with Crippen molar-refractivity contribution < 1.29 is 22.3 Å². The molecule has 0 aliphatic rings. The van der Waals surface area contributed by atoms with Crippen LogP contribution in [0.3, 0.4) is 0 Å². The summed E-state index contributed by atoms with van der Waals surface area (Å²) in [5.74, 6) is 0. The van der Waals surface area contributed by atoms with Crippen molar-refractivity contribution in [2.75, 3.05) is 7.11 Å². The van der Waals surface area contributed by atoms with Gasteiger partial charge in [0.2, 0.25) is 0 Å². The van der Waals surface area contributed by atoms with E-state index in [1.54, 1.807) is 49.7 Å². The molecule has 1 aromatic carbocycles. The highest BCUT2D eigenvalue weighted by molar-refractivity contribution is 5.90. The fraction of sp³-hybridized carbons (Fsp3) is 0.238. The molecule has 3 aromatic heterocycles. The maximum atomic E-state index is 13.4. The van der Waals surface area contributed by atoms with E-state index >= 15 is 0 Å². The quantitative estimate of drug-likeness (QED) is 0.435. The number of hydrogen-bond donors (Lipinski definition) is 0. The minimum atomic E-state index is -4.37. The van der Waals surface area contributed by atoms with Gasteiger partial charge in [-0.15, -0.1) is 0 Å². The first-order chi connectivity index (χ1) is 13.9. The van der Waals surface area contributed by atoms with Crippen LogP contribution < -0.4 is 0 Å². The third-order valence-electron chi connectivity index (χ3n) is 4.82. The molecule has 0 saturated heterocycles. The van der Waals surface area contributed by atoms with Gasteiger partial charge in [-0.3, -0.25) is 4.98 Å². The molecule has 0 amide bonds. The number of oxazole rings is 1. The predicted octanol–water partition coefficient (Wildman–Crippen LogP) is 5.63. The molecule has 4 rings (SSSR count). The van der Waals surface area contributed by atoms with Gasteiger partial charge >= 0.3 is 6.18 Å². The van der Waals surface area contributed by atoms with Crippen LogP contribution in [0.4, 0.5) is 13.2 Å². The van der Waals surface area contributed by atoms with E-state index in [0.29, 0.717) is 33.5 Å². The number of rotatable bonds is 5. The number of fused-ring (bicyclic) bond motifs is 1. The second kappa shape index (κ2) is 7.36. The number of pyridine rings is 1. The molecule has 0 aliphatic carbocycles. The fourth-order valence-corrected chi connectivity index (χ4v) is 3.43. The maximum absolute atomic E-state index is 13.4. The molecule has 3 heterocycles. The van der Waals surface area contributed by atoms with E-state index < -0.39 is 12.7 Å². The zero-order valence-electron chi connectivity index (χ0n) is 15.8. The van der Waals surface area contributed by atoms with E-state index in [1.807, 2.05) is 6.92 Å². The minimum Gasteiger partial charge on any atom is -0.451 e. The van der Waals surface area contributed by atoms with E-state index in [9.17, 15) is 13.2 Å². The number of alkyl halides is 3. The van der Waals surface area contributed by atoms with Crippen LogP contribution in [0.2, 0.25) is 0 Å². The first kappa shape index (κ1) is 19.2.